The van der Waals surface area contributed by atoms with Crippen LogP contribution in [0.5, 0.6) is 0 Å². The van der Waals surface area contributed by atoms with Crippen LogP contribution in [-0.2, 0) is 12.8 Å². The Morgan fingerprint density at radius 3 is 0.930 bits per heavy atom. The molecule has 1 nitrogen and oxygen atoms in total. The number of rotatable bonds is 28. The van der Waals surface area contributed by atoms with E-state index in [1.807, 2.05) is 0 Å². The molecule has 3 aromatic rings. The quantitative estimate of drug-likeness (QED) is 0.0813. The molecule has 1 heteroatoms. The minimum atomic E-state index is 1.22. The van der Waals surface area contributed by atoms with Gasteiger partial charge in [0.25, 0.3) is 0 Å². The second kappa shape index (κ2) is 23.6. The van der Waals surface area contributed by atoms with Crippen molar-refractivity contribution < 1.29 is 0 Å². The summed E-state index contributed by atoms with van der Waals surface area (Å²) in [6.45, 7) is 4.61. The predicted molar refractivity (Wildman–Crippen MR) is 195 cm³/mol. The number of unbranched alkanes of at least 4 members (excludes halogenated alkanes) is 24. The summed E-state index contributed by atoms with van der Waals surface area (Å²) in [5.41, 5.74) is 5.63. The summed E-state index contributed by atoms with van der Waals surface area (Å²) < 4.78 is 0. The summed E-state index contributed by atoms with van der Waals surface area (Å²) >= 11 is 0. The molecule has 43 heavy (non-hydrogen) atoms. The third kappa shape index (κ3) is 15.2. The number of hydrogen-bond acceptors (Lipinski definition) is 0. The molecule has 1 heterocycles. The molecular weight excluding hydrogens is 518 g/mol. The lowest BCUT2D eigenvalue weighted by Crippen LogP contribution is -1.87. The van der Waals surface area contributed by atoms with Gasteiger partial charge < -0.3 is 4.98 Å². The fraction of sp³-hybridized carbons (Fsp3) is 0.714. The SMILES string of the molecule is CCCCCCCCCCCCCCCc1ccc2c(c1)[nH]c1cc(CCCCCCCCCCCCCCC)ccc12. The van der Waals surface area contributed by atoms with Crippen LogP contribution in [0, 0.1) is 0 Å². The number of aryl methyl sites for hydroxylation is 2. The van der Waals surface area contributed by atoms with Crippen molar-refractivity contribution in [2.45, 2.75) is 194 Å². The van der Waals surface area contributed by atoms with E-state index < -0.39 is 0 Å². The van der Waals surface area contributed by atoms with Crippen LogP contribution in [0.3, 0.4) is 0 Å². The average Bonchev–Trinajstić information content (AvgIpc) is 3.38. The Hall–Kier alpha value is -1.76. The average molecular weight is 588 g/mol. The van der Waals surface area contributed by atoms with Gasteiger partial charge in [-0.3, -0.25) is 0 Å². The maximum atomic E-state index is 3.76. The smallest absolute Gasteiger partial charge is 0.0467 e. The van der Waals surface area contributed by atoms with E-state index in [4.69, 9.17) is 0 Å². The number of fused-ring (bicyclic) bond motifs is 3. The molecule has 0 radical (unpaired) electrons. The van der Waals surface area contributed by atoms with Gasteiger partial charge in [0, 0.05) is 21.8 Å². The van der Waals surface area contributed by atoms with Gasteiger partial charge in [-0.1, -0.05) is 192 Å². The number of benzene rings is 2. The van der Waals surface area contributed by atoms with Crippen molar-refractivity contribution in [3.05, 3.63) is 47.5 Å². The second-order valence-corrected chi connectivity index (χ2v) is 13.9. The Morgan fingerprint density at radius 2 is 0.628 bits per heavy atom. The van der Waals surface area contributed by atoms with Gasteiger partial charge in [-0.05, 0) is 48.9 Å². The molecule has 0 fully saturated rings. The van der Waals surface area contributed by atoms with E-state index in [2.05, 4.69) is 55.2 Å². The van der Waals surface area contributed by atoms with E-state index in [9.17, 15) is 0 Å². The molecule has 0 amide bonds. The zero-order valence-electron chi connectivity index (χ0n) is 28.8. The maximum Gasteiger partial charge on any atom is 0.0467 e. The largest absolute Gasteiger partial charge is 0.354 e. The summed E-state index contributed by atoms with van der Waals surface area (Å²) in [4.78, 5) is 3.76. The van der Waals surface area contributed by atoms with Gasteiger partial charge in [0.15, 0.2) is 0 Å². The van der Waals surface area contributed by atoms with Gasteiger partial charge in [0.1, 0.15) is 0 Å². The molecule has 2 aromatic carbocycles. The predicted octanol–water partition coefficient (Wildman–Crippen LogP) is 14.6. The lowest BCUT2D eigenvalue weighted by molar-refractivity contribution is 0.539. The molecule has 0 bridgehead atoms. The van der Waals surface area contributed by atoms with E-state index in [0.29, 0.717) is 0 Å². The number of nitrogens with one attached hydrogen (secondary N) is 1. The molecule has 0 unspecified atom stereocenters. The summed E-state index contributed by atoms with van der Waals surface area (Å²) in [6.07, 6.45) is 39.4. The van der Waals surface area contributed by atoms with Crippen molar-refractivity contribution in [2.24, 2.45) is 0 Å². The van der Waals surface area contributed by atoms with Crippen LogP contribution in [0.25, 0.3) is 21.8 Å². The molecule has 3 rings (SSSR count). The molecule has 0 aliphatic carbocycles. The van der Waals surface area contributed by atoms with Crippen molar-refractivity contribution in [2.75, 3.05) is 0 Å². The lowest BCUT2D eigenvalue weighted by Gasteiger charge is -2.04. The molecule has 0 aliphatic heterocycles. The van der Waals surface area contributed by atoms with Gasteiger partial charge in [-0.2, -0.15) is 0 Å². The fourth-order valence-corrected chi connectivity index (χ4v) is 7.01. The summed E-state index contributed by atoms with van der Waals surface area (Å²) in [7, 11) is 0. The number of aromatic nitrogens is 1. The van der Waals surface area contributed by atoms with Gasteiger partial charge in [0.05, 0.1) is 0 Å². The van der Waals surface area contributed by atoms with Crippen LogP contribution >= 0.6 is 0 Å². The Morgan fingerprint density at radius 1 is 0.349 bits per heavy atom. The molecule has 0 atom stereocenters. The highest BCUT2D eigenvalue weighted by Crippen LogP contribution is 2.28. The highest BCUT2D eigenvalue weighted by molar-refractivity contribution is 6.07. The van der Waals surface area contributed by atoms with Crippen LogP contribution in [0.1, 0.15) is 192 Å². The third-order valence-electron chi connectivity index (χ3n) is 9.87. The maximum absolute atomic E-state index is 3.76. The zero-order chi connectivity index (χ0) is 30.2. The molecule has 242 valence electrons. The first-order chi connectivity index (χ1) is 21.3. The van der Waals surface area contributed by atoms with Crippen molar-refractivity contribution in [1.29, 1.82) is 0 Å². The number of aromatic amines is 1. The topological polar surface area (TPSA) is 15.8 Å². The molecular formula is C42H69N. The van der Waals surface area contributed by atoms with Crippen molar-refractivity contribution >= 4 is 21.8 Å². The summed E-state index contributed by atoms with van der Waals surface area (Å²) in [6, 6.07) is 14.3. The van der Waals surface area contributed by atoms with Crippen molar-refractivity contribution in [1.82, 2.24) is 4.98 Å². The minimum absolute atomic E-state index is 1.22. The van der Waals surface area contributed by atoms with Crippen molar-refractivity contribution in [3.63, 3.8) is 0 Å². The highest BCUT2D eigenvalue weighted by atomic mass is 14.7. The van der Waals surface area contributed by atoms with Crippen LogP contribution in [-0.4, -0.2) is 4.98 Å². The summed E-state index contributed by atoms with van der Waals surface area (Å²) in [5, 5.41) is 2.77. The normalized spacial score (nSPS) is 11.8. The first-order valence-corrected chi connectivity index (χ1v) is 19.3. The van der Waals surface area contributed by atoms with E-state index >= 15 is 0 Å². The van der Waals surface area contributed by atoms with Crippen LogP contribution < -0.4 is 0 Å². The van der Waals surface area contributed by atoms with E-state index in [-0.39, 0.29) is 0 Å². The number of H-pyrrole nitrogens is 1. The van der Waals surface area contributed by atoms with E-state index in [0.717, 1.165) is 0 Å². The first kappa shape index (κ1) is 35.7. The molecule has 0 saturated heterocycles. The summed E-state index contributed by atoms with van der Waals surface area (Å²) in [5.74, 6) is 0. The second-order valence-electron chi connectivity index (χ2n) is 13.9. The molecule has 1 N–H and O–H groups in total. The molecule has 0 spiro atoms. The van der Waals surface area contributed by atoms with Crippen molar-refractivity contribution in [3.8, 4) is 0 Å². The number of hydrogen-bond donors (Lipinski definition) is 1. The highest BCUT2D eigenvalue weighted by Gasteiger charge is 2.07. The van der Waals surface area contributed by atoms with Gasteiger partial charge in [0.2, 0.25) is 0 Å². The Bertz CT molecular complexity index is 991. The van der Waals surface area contributed by atoms with Crippen LogP contribution in [0.15, 0.2) is 36.4 Å². The molecule has 1 aromatic heterocycles. The van der Waals surface area contributed by atoms with Gasteiger partial charge in [-0.25, -0.2) is 0 Å². The van der Waals surface area contributed by atoms with E-state index in [1.54, 1.807) is 0 Å². The van der Waals surface area contributed by atoms with Gasteiger partial charge >= 0.3 is 0 Å². The molecule has 0 aliphatic rings. The molecule has 0 saturated carbocycles. The van der Waals surface area contributed by atoms with Crippen LogP contribution in [0.4, 0.5) is 0 Å². The van der Waals surface area contributed by atoms with E-state index in [1.165, 1.54) is 213 Å². The minimum Gasteiger partial charge on any atom is -0.354 e. The standard InChI is InChI=1S/C42H69N/c1-3-5-7-9-11-13-15-17-19-21-23-25-27-29-37-31-33-39-40-34-32-38(36-42(40)43-41(39)35-37)30-28-26-24-22-20-18-16-14-12-10-8-6-4-2/h31-36,43H,3-30H2,1-2H3. The fourth-order valence-electron chi connectivity index (χ4n) is 7.01. The van der Waals surface area contributed by atoms with Crippen LogP contribution in [0.2, 0.25) is 0 Å². The Balaban J connectivity index is 1.24. The third-order valence-corrected chi connectivity index (χ3v) is 9.87. The zero-order valence-corrected chi connectivity index (χ0v) is 28.8. The Labute approximate surface area is 267 Å². The van der Waals surface area contributed by atoms with Gasteiger partial charge in [-0.15, -0.1) is 0 Å². The first-order valence-electron chi connectivity index (χ1n) is 19.3. The monoisotopic (exact) mass is 588 g/mol. The Kier molecular flexibility index (Phi) is 19.6. The lowest BCUT2D eigenvalue weighted by atomic mass is 10.0.